The predicted octanol–water partition coefficient (Wildman–Crippen LogP) is 2.17. The summed E-state index contributed by atoms with van der Waals surface area (Å²) in [7, 11) is 2.40. The second-order valence-corrected chi connectivity index (χ2v) is 5.59. The highest BCUT2D eigenvalue weighted by Crippen LogP contribution is 2.24. The van der Waals surface area contributed by atoms with E-state index in [2.05, 4.69) is 4.74 Å². The van der Waals surface area contributed by atoms with E-state index in [-0.39, 0.29) is 20.0 Å². The average Bonchev–Trinajstić information content (AvgIpc) is 2.77. The van der Waals surface area contributed by atoms with Crippen molar-refractivity contribution in [1.29, 1.82) is 0 Å². The Morgan fingerprint density at radius 2 is 1.91 bits per heavy atom. The second kappa shape index (κ2) is 14.8. The number of cyclic esters (lactones) is 1. The summed E-state index contributed by atoms with van der Waals surface area (Å²) in [5.41, 5.74) is -0.413. The molecule has 6 heteroatoms. The molecule has 1 aliphatic heterocycles. The highest BCUT2D eigenvalue weighted by atomic mass is 16.5. The molecular formula is C16H33O6+. The number of aliphatic hydroxyl groups is 2. The van der Waals surface area contributed by atoms with E-state index in [0.717, 1.165) is 45.6 Å². The number of unbranched alkanes of at least 4 members (excludes halogenated alkanes) is 1. The summed E-state index contributed by atoms with van der Waals surface area (Å²) in [5.74, 6) is -0.206. The van der Waals surface area contributed by atoms with E-state index in [1.54, 1.807) is 0 Å². The minimum Gasteiger partial charge on any atom is -0.469 e. The molecule has 0 amide bonds. The lowest BCUT2D eigenvalue weighted by Crippen LogP contribution is -2.25. The Morgan fingerprint density at radius 3 is 2.45 bits per heavy atom. The van der Waals surface area contributed by atoms with Crippen molar-refractivity contribution < 1.29 is 30.7 Å². The quantitative estimate of drug-likeness (QED) is 0.595. The van der Waals surface area contributed by atoms with Gasteiger partial charge >= 0.3 is 13.4 Å². The van der Waals surface area contributed by atoms with Crippen LogP contribution in [0.15, 0.2) is 0 Å². The number of carbonyl (C=O) groups is 2. The van der Waals surface area contributed by atoms with Crippen molar-refractivity contribution in [2.75, 3.05) is 27.4 Å². The second-order valence-electron chi connectivity index (χ2n) is 5.59. The summed E-state index contributed by atoms with van der Waals surface area (Å²) in [5, 5.41) is 15.5. The molecule has 0 radical (unpaired) electrons. The molecule has 1 heterocycles. The molecule has 2 N–H and O–H groups in total. The maximum atomic E-state index is 11.1. The van der Waals surface area contributed by atoms with Gasteiger partial charge in [0, 0.05) is 20.1 Å². The number of rotatable bonds is 5. The summed E-state index contributed by atoms with van der Waals surface area (Å²) in [4.78, 5) is 21.6. The van der Waals surface area contributed by atoms with Gasteiger partial charge in [-0.25, -0.2) is 0 Å². The van der Waals surface area contributed by atoms with E-state index in [1.807, 2.05) is 13.8 Å². The van der Waals surface area contributed by atoms with Crippen molar-refractivity contribution in [2.24, 2.45) is 5.41 Å². The van der Waals surface area contributed by atoms with Gasteiger partial charge in [-0.15, -0.1) is 0 Å². The van der Waals surface area contributed by atoms with Gasteiger partial charge < -0.3 is 19.7 Å². The number of carbonyl (C=O) groups excluding carboxylic acids is 2. The number of hydrogen-bond donors (Lipinski definition) is 2. The predicted molar refractivity (Wildman–Crippen MR) is 85.4 cm³/mol. The van der Waals surface area contributed by atoms with Crippen LogP contribution in [0.2, 0.25) is 0 Å². The lowest BCUT2D eigenvalue weighted by molar-refractivity contribution is -0.151. The molecule has 1 saturated heterocycles. The number of methoxy groups -OCH3 is 1. The summed E-state index contributed by atoms with van der Waals surface area (Å²) in [6, 6.07) is 0. The van der Waals surface area contributed by atoms with Crippen LogP contribution in [-0.4, -0.2) is 49.6 Å². The molecular weight excluding hydrogens is 288 g/mol. The monoisotopic (exact) mass is 321 g/mol. The summed E-state index contributed by atoms with van der Waals surface area (Å²) >= 11 is 0. The molecule has 0 bridgehead atoms. The standard InChI is InChI=1S/C9H18O3.C6H10O2.CH4O/c1-9(2,8(11)12-3)6-4-5-7-10;7-6-4-2-1-3-5-8-6;1-2/h10H,4-7H2,1-3H3;1-5H2;2H,1H3/p+1. The molecule has 0 aromatic rings. The lowest BCUT2D eigenvalue weighted by atomic mass is 9.87. The van der Waals surface area contributed by atoms with E-state index in [4.69, 9.17) is 14.9 Å². The van der Waals surface area contributed by atoms with Gasteiger partial charge in [0.1, 0.15) is 0 Å². The van der Waals surface area contributed by atoms with E-state index in [0.29, 0.717) is 13.0 Å². The van der Waals surface area contributed by atoms with Crippen LogP contribution < -0.4 is 0 Å². The van der Waals surface area contributed by atoms with E-state index in [1.165, 1.54) is 7.11 Å². The van der Waals surface area contributed by atoms with Gasteiger partial charge in [0.25, 0.3) is 0 Å². The third-order valence-corrected chi connectivity index (χ3v) is 3.24. The molecule has 0 spiro atoms. The van der Waals surface area contributed by atoms with Gasteiger partial charge in [0.05, 0.1) is 19.1 Å². The number of ether oxygens (including phenoxy) is 2. The normalized spacial score (nSPS) is 14.4. The van der Waals surface area contributed by atoms with Gasteiger partial charge in [-0.3, -0.25) is 9.59 Å². The molecule has 0 aliphatic carbocycles. The van der Waals surface area contributed by atoms with Crippen LogP contribution in [0.4, 0.5) is 0 Å². The Balaban J connectivity index is -0.000000316. The highest BCUT2D eigenvalue weighted by molar-refractivity contribution is 5.75. The zero-order valence-electron chi connectivity index (χ0n) is 15.4. The number of hydrogen-bond acceptors (Lipinski definition) is 6. The van der Waals surface area contributed by atoms with Gasteiger partial charge in [0.15, 0.2) is 0 Å². The fourth-order valence-electron chi connectivity index (χ4n) is 1.86. The van der Waals surface area contributed by atoms with Crippen LogP contribution in [0.1, 0.15) is 60.2 Å². The van der Waals surface area contributed by atoms with Gasteiger partial charge in [0.2, 0.25) is 0 Å². The average molecular weight is 321 g/mol. The number of esters is 2. The first-order valence-corrected chi connectivity index (χ1v) is 7.73. The highest BCUT2D eigenvalue weighted by Gasteiger charge is 2.27. The SMILES string of the molecule is CO.COC(=O)C(C)(C)CCCCO.O=C1CCCCCO1.[H+]. The number of aliphatic hydroxyl groups excluding tert-OH is 2. The fourth-order valence-corrected chi connectivity index (χ4v) is 1.86. The Bertz CT molecular complexity index is 284. The van der Waals surface area contributed by atoms with Crippen molar-refractivity contribution in [3.63, 3.8) is 0 Å². The van der Waals surface area contributed by atoms with Gasteiger partial charge in [-0.05, 0) is 46.0 Å². The largest absolute Gasteiger partial charge is 1.00 e. The minimum atomic E-state index is -0.413. The van der Waals surface area contributed by atoms with Gasteiger partial charge in [-0.2, -0.15) is 0 Å². The third-order valence-electron chi connectivity index (χ3n) is 3.24. The first kappa shape index (κ1) is 23.1. The van der Waals surface area contributed by atoms with Crippen LogP contribution in [0.3, 0.4) is 0 Å². The third kappa shape index (κ3) is 12.6. The Morgan fingerprint density at radius 1 is 1.27 bits per heavy atom. The summed E-state index contributed by atoms with van der Waals surface area (Å²) < 4.78 is 9.41. The first-order valence-electron chi connectivity index (χ1n) is 7.73. The molecule has 1 rings (SSSR count). The van der Waals surface area contributed by atoms with Crippen LogP contribution >= 0.6 is 0 Å². The Hall–Kier alpha value is -1.14. The molecule has 132 valence electrons. The van der Waals surface area contributed by atoms with Crippen molar-refractivity contribution in [3.05, 3.63) is 0 Å². The topological polar surface area (TPSA) is 93.1 Å². The molecule has 0 atom stereocenters. The van der Waals surface area contributed by atoms with Crippen LogP contribution in [0.25, 0.3) is 0 Å². The molecule has 0 aromatic carbocycles. The fraction of sp³-hybridized carbons (Fsp3) is 0.875. The maximum absolute atomic E-state index is 11.1. The lowest BCUT2D eigenvalue weighted by Gasteiger charge is -2.20. The van der Waals surface area contributed by atoms with Crippen LogP contribution in [0, 0.1) is 5.41 Å². The van der Waals surface area contributed by atoms with Crippen LogP contribution in [0.5, 0.6) is 0 Å². The molecule has 0 saturated carbocycles. The van der Waals surface area contributed by atoms with E-state index >= 15 is 0 Å². The molecule has 1 fully saturated rings. The van der Waals surface area contributed by atoms with E-state index < -0.39 is 5.41 Å². The summed E-state index contributed by atoms with van der Waals surface area (Å²) in [6.45, 7) is 4.54. The zero-order valence-corrected chi connectivity index (χ0v) is 14.4. The zero-order chi connectivity index (χ0) is 17.4. The molecule has 0 unspecified atom stereocenters. The minimum absolute atomic E-state index is 0. The smallest absolute Gasteiger partial charge is 0.469 e. The summed E-state index contributed by atoms with van der Waals surface area (Å²) in [6.07, 6.45) is 6.20. The Labute approximate surface area is 135 Å². The molecule has 1 aliphatic rings. The maximum Gasteiger partial charge on any atom is 1.00 e. The van der Waals surface area contributed by atoms with Crippen molar-refractivity contribution >= 4 is 11.9 Å². The Kier molecular flexibility index (Phi) is 15.5. The van der Waals surface area contributed by atoms with Crippen LogP contribution in [-0.2, 0) is 19.1 Å². The molecule has 0 aromatic heterocycles. The first-order chi connectivity index (χ1) is 10.4. The van der Waals surface area contributed by atoms with Gasteiger partial charge in [-0.1, -0.05) is 6.42 Å². The van der Waals surface area contributed by atoms with Crippen molar-refractivity contribution in [3.8, 4) is 0 Å². The van der Waals surface area contributed by atoms with Crippen molar-refractivity contribution in [2.45, 2.75) is 58.8 Å². The molecule has 22 heavy (non-hydrogen) atoms. The van der Waals surface area contributed by atoms with Crippen molar-refractivity contribution in [1.82, 2.24) is 0 Å². The van der Waals surface area contributed by atoms with E-state index in [9.17, 15) is 9.59 Å². The molecule has 6 nitrogen and oxygen atoms in total.